The fourth-order valence-corrected chi connectivity index (χ4v) is 0.983. The summed E-state index contributed by atoms with van der Waals surface area (Å²) in [7, 11) is 0. The van der Waals surface area contributed by atoms with Crippen LogP contribution in [0.1, 0.15) is 12.5 Å². The molecular weight excluding hydrogens is 159 g/mol. The average molecular weight is 170 g/mol. The molecule has 1 atom stereocenters. The maximum atomic E-state index is 13.0. The summed E-state index contributed by atoms with van der Waals surface area (Å²) in [6, 6.07) is 5.85. The van der Waals surface area contributed by atoms with Crippen LogP contribution >= 0.6 is 0 Å². The molecule has 0 fully saturated rings. The number of halogens is 1. The molecule has 12 heavy (non-hydrogen) atoms. The summed E-state index contributed by atoms with van der Waals surface area (Å²) in [4.78, 5) is 0. The van der Waals surface area contributed by atoms with Gasteiger partial charge >= 0.3 is 0 Å². The summed E-state index contributed by atoms with van der Waals surface area (Å²) < 4.78 is 13.0. The second-order valence-electron chi connectivity index (χ2n) is 2.91. The Kier molecular flexibility index (Phi) is 2.45. The maximum Gasteiger partial charge on any atom is 0.129 e. The van der Waals surface area contributed by atoms with Gasteiger partial charge in [-0.15, -0.1) is 0 Å². The molecule has 0 aromatic heterocycles. The van der Waals surface area contributed by atoms with Crippen LogP contribution in [0.5, 0.6) is 0 Å². The topological polar surface area (TPSA) is 40.5 Å². The Bertz CT molecular complexity index is 271. The fourth-order valence-electron chi connectivity index (χ4n) is 0.983. The van der Waals surface area contributed by atoms with Crippen molar-refractivity contribution in [3.63, 3.8) is 0 Å². The molecule has 66 valence electrons. The summed E-state index contributed by atoms with van der Waals surface area (Å²) in [6.07, 6.45) is 0. The quantitative estimate of drug-likeness (QED) is 0.695. The van der Waals surface area contributed by atoms with E-state index >= 15 is 0 Å². The van der Waals surface area contributed by atoms with Gasteiger partial charge in [0.25, 0.3) is 0 Å². The van der Waals surface area contributed by atoms with Crippen molar-refractivity contribution in [2.24, 2.45) is 0 Å². The van der Waals surface area contributed by atoms with Crippen molar-refractivity contribution in [2.75, 3.05) is 6.61 Å². The van der Waals surface area contributed by atoms with Crippen LogP contribution in [0.4, 0.5) is 4.39 Å². The number of hydrogen-bond acceptors (Lipinski definition) is 2. The summed E-state index contributed by atoms with van der Waals surface area (Å²) in [5.41, 5.74) is -1.38. The van der Waals surface area contributed by atoms with Gasteiger partial charge in [-0.1, -0.05) is 18.2 Å². The molecule has 1 rings (SSSR count). The molecule has 2 N–H and O–H groups in total. The first-order chi connectivity index (χ1) is 5.58. The van der Waals surface area contributed by atoms with Crippen molar-refractivity contribution in [1.82, 2.24) is 0 Å². The van der Waals surface area contributed by atoms with Crippen LogP contribution in [-0.2, 0) is 5.60 Å². The van der Waals surface area contributed by atoms with E-state index in [2.05, 4.69) is 0 Å². The molecule has 1 aromatic rings. The predicted molar refractivity (Wildman–Crippen MR) is 43.1 cm³/mol. The molecule has 0 saturated heterocycles. The third-order valence-corrected chi connectivity index (χ3v) is 1.76. The zero-order valence-corrected chi connectivity index (χ0v) is 6.79. The molecule has 3 heteroatoms. The molecule has 0 bridgehead atoms. The lowest BCUT2D eigenvalue weighted by Gasteiger charge is -2.20. The van der Waals surface area contributed by atoms with Gasteiger partial charge in [-0.3, -0.25) is 0 Å². The van der Waals surface area contributed by atoms with Crippen LogP contribution in [0.2, 0.25) is 0 Å². The Labute approximate surface area is 70.3 Å². The molecule has 0 unspecified atom stereocenters. The normalized spacial score (nSPS) is 15.7. The zero-order chi connectivity index (χ0) is 9.19. The maximum absolute atomic E-state index is 13.0. The first kappa shape index (κ1) is 9.16. The van der Waals surface area contributed by atoms with Crippen molar-refractivity contribution >= 4 is 0 Å². The minimum absolute atomic E-state index is 0.118. The predicted octanol–water partition coefficient (Wildman–Crippen LogP) is 1.03. The van der Waals surface area contributed by atoms with Gasteiger partial charge in [-0.2, -0.15) is 0 Å². The van der Waals surface area contributed by atoms with Gasteiger partial charge in [0.15, 0.2) is 0 Å². The fraction of sp³-hybridized carbons (Fsp3) is 0.333. The van der Waals surface area contributed by atoms with Crippen molar-refractivity contribution in [2.45, 2.75) is 12.5 Å². The van der Waals surface area contributed by atoms with Crippen LogP contribution in [0.3, 0.4) is 0 Å². The molecule has 0 amide bonds. The lowest BCUT2D eigenvalue weighted by Crippen LogP contribution is -2.27. The van der Waals surface area contributed by atoms with E-state index in [-0.39, 0.29) is 5.56 Å². The van der Waals surface area contributed by atoms with Gasteiger partial charge in [-0.25, -0.2) is 4.39 Å². The highest BCUT2D eigenvalue weighted by Crippen LogP contribution is 2.21. The Morgan fingerprint density at radius 3 is 2.50 bits per heavy atom. The summed E-state index contributed by atoms with van der Waals surface area (Å²) >= 11 is 0. The van der Waals surface area contributed by atoms with E-state index in [1.165, 1.54) is 25.1 Å². The second-order valence-corrected chi connectivity index (χ2v) is 2.91. The van der Waals surface area contributed by atoms with Crippen molar-refractivity contribution in [3.8, 4) is 0 Å². The molecule has 2 nitrogen and oxygen atoms in total. The third kappa shape index (κ3) is 1.62. The average Bonchev–Trinajstić information content (AvgIpc) is 2.05. The Morgan fingerprint density at radius 1 is 1.42 bits per heavy atom. The molecule has 0 aliphatic heterocycles. The van der Waals surface area contributed by atoms with Crippen LogP contribution in [0.25, 0.3) is 0 Å². The monoisotopic (exact) mass is 170 g/mol. The van der Waals surface area contributed by atoms with E-state index in [1.807, 2.05) is 0 Å². The Balaban J connectivity index is 3.10. The van der Waals surface area contributed by atoms with Gasteiger partial charge in [0.1, 0.15) is 11.4 Å². The number of rotatable bonds is 2. The minimum atomic E-state index is -1.49. The number of hydrogen-bond donors (Lipinski definition) is 2. The highest BCUT2D eigenvalue weighted by Gasteiger charge is 2.24. The molecule has 0 heterocycles. The molecule has 0 saturated carbocycles. The lowest BCUT2D eigenvalue weighted by molar-refractivity contribution is -0.00506. The number of benzene rings is 1. The summed E-state index contributed by atoms with van der Waals surface area (Å²) in [6.45, 7) is 0.874. The van der Waals surface area contributed by atoms with Crippen LogP contribution < -0.4 is 0 Å². The first-order valence-electron chi connectivity index (χ1n) is 3.66. The van der Waals surface area contributed by atoms with Crippen molar-refractivity contribution in [1.29, 1.82) is 0 Å². The van der Waals surface area contributed by atoms with E-state index in [0.717, 1.165) is 0 Å². The summed E-state index contributed by atoms with van der Waals surface area (Å²) in [5, 5.41) is 18.2. The van der Waals surface area contributed by atoms with Gasteiger partial charge in [0, 0.05) is 5.56 Å². The number of aliphatic hydroxyl groups excluding tert-OH is 1. The molecule has 0 spiro atoms. The van der Waals surface area contributed by atoms with Crippen molar-refractivity contribution < 1.29 is 14.6 Å². The summed E-state index contributed by atoms with van der Waals surface area (Å²) in [5.74, 6) is -0.503. The zero-order valence-electron chi connectivity index (χ0n) is 6.79. The van der Waals surface area contributed by atoms with Crippen LogP contribution in [0, 0.1) is 5.82 Å². The van der Waals surface area contributed by atoms with Gasteiger partial charge in [-0.05, 0) is 13.0 Å². The van der Waals surface area contributed by atoms with Gasteiger partial charge in [0.2, 0.25) is 0 Å². The second kappa shape index (κ2) is 3.21. The molecule has 0 radical (unpaired) electrons. The molecule has 1 aromatic carbocycles. The van der Waals surface area contributed by atoms with E-state index in [0.29, 0.717) is 0 Å². The van der Waals surface area contributed by atoms with E-state index in [4.69, 9.17) is 5.11 Å². The van der Waals surface area contributed by atoms with Crippen LogP contribution in [-0.4, -0.2) is 16.8 Å². The molecule has 0 aliphatic carbocycles. The first-order valence-corrected chi connectivity index (χ1v) is 3.66. The largest absolute Gasteiger partial charge is 0.393 e. The highest BCUT2D eigenvalue weighted by molar-refractivity contribution is 5.23. The Morgan fingerprint density at radius 2 is 2.00 bits per heavy atom. The van der Waals surface area contributed by atoms with E-state index in [9.17, 15) is 9.50 Å². The van der Waals surface area contributed by atoms with Gasteiger partial charge < -0.3 is 10.2 Å². The van der Waals surface area contributed by atoms with E-state index < -0.39 is 18.0 Å². The highest BCUT2D eigenvalue weighted by atomic mass is 19.1. The van der Waals surface area contributed by atoms with Crippen LogP contribution in [0.15, 0.2) is 24.3 Å². The lowest BCUT2D eigenvalue weighted by atomic mass is 9.97. The number of aliphatic hydroxyl groups is 2. The van der Waals surface area contributed by atoms with Gasteiger partial charge in [0.05, 0.1) is 6.61 Å². The molecular formula is C9H11FO2. The third-order valence-electron chi connectivity index (χ3n) is 1.76. The van der Waals surface area contributed by atoms with E-state index in [1.54, 1.807) is 6.07 Å². The Hall–Kier alpha value is -0.930. The standard InChI is InChI=1S/C9H11FO2/c1-9(12,6-11)7-4-2-3-5-8(7)10/h2-5,11-12H,6H2,1H3/t9-/m0/s1. The smallest absolute Gasteiger partial charge is 0.129 e. The van der Waals surface area contributed by atoms with Crippen molar-refractivity contribution in [3.05, 3.63) is 35.6 Å². The molecule has 0 aliphatic rings. The minimum Gasteiger partial charge on any atom is -0.393 e. The SMILES string of the molecule is C[C@](O)(CO)c1ccccc1F.